The molecule has 0 fully saturated rings. The molecule has 0 spiro atoms. The second-order valence-corrected chi connectivity index (χ2v) is 5.04. The summed E-state index contributed by atoms with van der Waals surface area (Å²) in [7, 11) is 0. The predicted octanol–water partition coefficient (Wildman–Crippen LogP) is 3.28. The molecule has 1 aliphatic heterocycles. The first kappa shape index (κ1) is 14.5. The highest BCUT2D eigenvalue weighted by Gasteiger charge is 2.17. The largest absolute Gasteiger partial charge is 0.488 e. The number of nitrogens with one attached hydrogen (secondary N) is 1. The molecule has 0 unspecified atom stereocenters. The first-order chi connectivity index (χ1) is 10.7. The summed E-state index contributed by atoms with van der Waals surface area (Å²) in [5, 5.41) is 3.10. The number of halogens is 2. The Balaban J connectivity index is 1.82. The van der Waals surface area contributed by atoms with Crippen molar-refractivity contribution in [1.82, 2.24) is 5.32 Å². The van der Waals surface area contributed by atoms with Crippen molar-refractivity contribution in [1.29, 1.82) is 0 Å². The second kappa shape index (κ2) is 6.56. The van der Waals surface area contributed by atoms with Crippen molar-refractivity contribution in [3.63, 3.8) is 0 Å². The molecule has 1 heterocycles. The highest BCUT2D eigenvalue weighted by atomic mass is 19.1. The Kier molecular flexibility index (Phi) is 4.32. The van der Waals surface area contributed by atoms with Crippen molar-refractivity contribution < 1.29 is 13.5 Å². The Bertz CT molecular complexity index is 684. The molecule has 2 aromatic rings. The number of hydrogen-bond donors (Lipinski definition) is 1. The van der Waals surface area contributed by atoms with Gasteiger partial charge in [0, 0.05) is 13.1 Å². The van der Waals surface area contributed by atoms with Crippen molar-refractivity contribution in [2.45, 2.75) is 13.0 Å². The predicted molar refractivity (Wildman–Crippen MR) is 81.2 cm³/mol. The average Bonchev–Trinajstić information content (AvgIpc) is 2.55. The minimum Gasteiger partial charge on any atom is -0.488 e. The molecule has 0 saturated heterocycles. The molecular weight excluding hydrogens is 286 g/mol. The number of amidine groups is 1. The summed E-state index contributed by atoms with van der Waals surface area (Å²) in [4.78, 5) is 4.32. The number of benzene rings is 2. The molecule has 0 aromatic heterocycles. The minimum atomic E-state index is -0.371. The lowest BCUT2D eigenvalue weighted by atomic mass is 10.1. The molecule has 0 bridgehead atoms. The van der Waals surface area contributed by atoms with Gasteiger partial charge in [-0.2, -0.15) is 0 Å². The molecule has 0 radical (unpaired) electrons. The van der Waals surface area contributed by atoms with Gasteiger partial charge >= 0.3 is 0 Å². The van der Waals surface area contributed by atoms with Crippen LogP contribution in [-0.4, -0.2) is 18.9 Å². The van der Waals surface area contributed by atoms with Gasteiger partial charge in [0.25, 0.3) is 0 Å². The van der Waals surface area contributed by atoms with Gasteiger partial charge in [-0.1, -0.05) is 18.2 Å². The van der Waals surface area contributed by atoms with E-state index >= 15 is 0 Å². The Hall–Kier alpha value is -2.43. The van der Waals surface area contributed by atoms with Crippen LogP contribution < -0.4 is 10.1 Å². The summed E-state index contributed by atoms with van der Waals surface area (Å²) in [6, 6.07) is 10.7. The molecule has 0 saturated carbocycles. The fraction of sp³-hybridized carbons (Fsp3) is 0.235. The third-order valence-corrected chi connectivity index (χ3v) is 3.42. The second-order valence-electron chi connectivity index (χ2n) is 5.04. The Morgan fingerprint density at radius 2 is 1.91 bits per heavy atom. The van der Waals surface area contributed by atoms with Gasteiger partial charge in [0.15, 0.2) is 0 Å². The highest BCUT2D eigenvalue weighted by Crippen LogP contribution is 2.23. The first-order valence-electron chi connectivity index (χ1n) is 7.18. The fourth-order valence-corrected chi connectivity index (χ4v) is 2.30. The van der Waals surface area contributed by atoms with E-state index in [2.05, 4.69) is 10.3 Å². The van der Waals surface area contributed by atoms with Gasteiger partial charge < -0.3 is 10.1 Å². The average molecular weight is 302 g/mol. The number of rotatable bonds is 4. The van der Waals surface area contributed by atoms with Crippen LogP contribution in [0, 0.1) is 11.6 Å². The molecule has 3 nitrogen and oxygen atoms in total. The lowest BCUT2D eigenvalue weighted by Crippen LogP contribution is -2.31. The van der Waals surface area contributed by atoms with Crippen molar-refractivity contribution in [2.75, 3.05) is 13.1 Å². The van der Waals surface area contributed by atoms with E-state index in [0.29, 0.717) is 23.7 Å². The minimum absolute atomic E-state index is 0.240. The Morgan fingerprint density at radius 3 is 2.64 bits per heavy atom. The van der Waals surface area contributed by atoms with Gasteiger partial charge in [-0.05, 0) is 36.2 Å². The summed E-state index contributed by atoms with van der Waals surface area (Å²) in [6.07, 6.45) is 0.934. The van der Waals surface area contributed by atoms with Crippen LogP contribution in [0.2, 0.25) is 0 Å². The zero-order valence-electron chi connectivity index (χ0n) is 12.0. The fourth-order valence-electron chi connectivity index (χ4n) is 2.30. The van der Waals surface area contributed by atoms with E-state index in [1.165, 1.54) is 18.2 Å². The van der Waals surface area contributed by atoms with E-state index < -0.39 is 0 Å². The molecule has 5 heteroatoms. The molecule has 3 rings (SSSR count). The smallest absolute Gasteiger partial charge is 0.137 e. The van der Waals surface area contributed by atoms with Gasteiger partial charge in [0.2, 0.25) is 0 Å². The lowest BCUT2D eigenvalue weighted by Gasteiger charge is -2.18. The molecule has 22 heavy (non-hydrogen) atoms. The monoisotopic (exact) mass is 302 g/mol. The molecule has 2 aromatic carbocycles. The molecular formula is C17H16F2N2O. The maximum absolute atomic E-state index is 14.2. The van der Waals surface area contributed by atoms with Crippen LogP contribution in [0.25, 0.3) is 0 Å². The normalized spacial score (nSPS) is 14.2. The van der Waals surface area contributed by atoms with Crippen LogP contribution in [0.4, 0.5) is 8.78 Å². The number of aliphatic imine (C=N–C) groups is 1. The van der Waals surface area contributed by atoms with E-state index in [-0.39, 0.29) is 18.2 Å². The Labute approximate surface area is 127 Å². The summed E-state index contributed by atoms with van der Waals surface area (Å²) in [5.41, 5.74) is 1.17. The zero-order chi connectivity index (χ0) is 15.4. The lowest BCUT2D eigenvalue weighted by molar-refractivity contribution is 0.303. The number of nitrogens with zero attached hydrogens (tertiary/aromatic N) is 1. The Morgan fingerprint density at radius 1 is 1.09 bits per heavy atom. The molecule has 1 aliphatic rings. The van der Waals surface area contributed by atoms with Crippen LogP contribution in [0.5, 0.6) is 5.75 Å². The molecule has 0 amide bonds. The quantitative estimate of drug-likeness (QED) is 0.940. The maximum Gasteiger partial charge on any atom is 0.137 e. The molecule has 0 atom stereocenters. The third-order valence-electron chi connectivity index (χ3n) is 3.42. The van der Waals surface area contributed by atoms with Crippen LogP contribution >= 0.6 is 0 Å². The van der Waals surface area contributed by atoms with Crippen molar-refractivity contribution in [2.24, 2.45) is 4.99 Å². The van der Waals surface area contributed by atoms with E-state index in [1.54, 1.807) is 24.3 Å². The van der Waals surface area contributed by atoms with E-state index in [1.807, 2.05) is 0 Å². The van der Waals surface area contributed by atoms with Crippen molar-refractivity contribution in [3.05, 3.63) is 65.2 Å². The summed E-state index contributed by atoms with van der Waals surface area (Å²) < 4.78 is 32.8. The van der Waals surface area contributed by atoms with Crippen LogP contribution in [0.1, 0.15) is 17.5 Å². The molecule has 1 N–H and O–H groups in total. The standard InChI is InChI=1S/C17H16F2N2O/c18-13-7-5-12(6-8-13)11-22-15-4-1-3-14(19)16(15)17-20-9-2-10-21-17/h1,3-8H,2,9-11H2,(H,20,21). The first-order valence-corrected chi connectivity index (χ1v) is 7.18. The SMILES string of the molecule is Fc1ccc(COc2cccc(F)c2C2=NCCCN2)cc1. The van der Waals surface area contributed by atoms with Gasteiger partial charge in [-0.25, -0.2) is 8.78 Å². The summed E-state index contributed by atoms with van der Waals surface area (Å²) in [6.45, 7) is 1.68. The zero-order valence-corrected chi connectivity index (χ0v) is 12.0. The number of hydrogen-bond acceptors (Lipinski definition) is 3. The third kappa shape index (κ3) is 3.24. The van der Waals surface area contributed by atoms with E-state index in [0.717, 1.165) is 18.5 Å². The highest BCUT2D eigenvalue weighted by molar-refractivity contribution is 6.01. The summed E-state index contributed by atoms with van der Waals surface area (Å²) >= 11 is 0. The van der Waals surface area contributed by atoms with Crippen molar-refractivity contribution in [3.8, 4) is 5.75 Å². The number of ether oxygens (including phenoxy) is 1. The van der Waals surface area contributed by atoms with Gasteiger partial charge in [-0.15, -0.1) is 0 Å². The topological polar surface area (TPSA) is 33.6 Å². The van der Waals surface area contributed by atoms with E-state index in [9.17, 15) is 8.78 Å². The molecule has 114 valence electrons. The molecule has 0 aliphatic carbocycles. The van der Waals surface area contributed by atoms with Gasteiger partial charge in [0.05, 0.1) is 5.56 Å². The van der Waals surface area contributed by atoms with Crippen LogP contribution in [0.3, 0.4) is 0 Å². The summed E-state index contributed by atoms with van der Waals surface area (Å²) in [5.74, 6) is 0.289. The van der Waals surface area contributed by atoms with Gasteiger partial charge in [-0.3, -0.25) is 4.99 Å². The van der Waals surface area contributed by atoms with Gasteiger partial charge in [0.1, 0.15) is 29.8 Å². The van der Waals surface area contributed by atoms with Crippen LogP contribution in [-0.2, 0) is 6.61 Å². The maximum atomic E-state index is 14.2. The van der Waals surface area contributed by atoms with Crippen LogP contribution in [0.15, 0.2) is 47.5 Å². The van der Waals surface area contributed by atoms with Crippen molar-refractivity contribution >= 4 is 5.84 Å². The van der Waals surface area contributed by atoms with E-state index in [4.69, 9.17) is 4.74 Å².